The molecule has 1 heterocycles. The van der Waals surface area contributed by atoms with Gasteiger partial charge in [0.05, 0.1) is 10.0 Å². The molecule has 0 unspecified atom stereocenters. The van der Waals surface area contributed by atoms with E-state index in [0.717, 1.165) is 24.7 Å². The van der Waals surface area contributed by atoms with Gasteiger partial charge in [-0.3, -0.25) is 0 Å². The third kappa shape index (κ3) is 5.49. The SMILES string of the molecule is O=C1OC(c2ccc(I)c(Br)c2)=N/C1=C\c1cccc(OCc2ccc(Cl)c(Cl)c2)c1. The first-order valence-electron chi connectivity index (χ1n) is 9.04. The summed E-state index contributed by atoms with van der Waals surface area (Å²) in [6.45, 7) is 0.336. The number of rotatable bonds is 5. The van der Waals surface area contributed by atoms with Crippen LogP contribution in [0.2, 0.25) is 10.0 Å². The van der Waals surface area contributed by atoms with Gasteiger partial charge in [-0.15, -0.1) is 0 Å². The predicted molar refractivity (Wildman–Crippen MR) is 135 cm³/mol. The van der Waals surface area contributed by atoms with Crippen molar-refractivity contribution in [3.05, 3.63) is 101 Å². The van der Waals surface area contributed by atoms with Crippen molar-refractivity contribution >= 4 is 79.7 Å². The number of halogens is 4. The Morgan fingerprint density at radius 1 is 1.06 bits per heavy atom. The smallest absolute Gasteiger partial charge is 0.363 e. The minimum atomic E-state index is -0.494. The second kappa shape index (κ2) is 9.73. The lowest BCUT2D eigenvalue weighted by Crippen LogP contribution is -2.05. The molecular weight excluding hydrogens is 616 g/mol. The average Bonchev–Trinajstić information content (AvgIpc) is 3.11. The molecule has 1 aliphatic heterocycles. The number of carbonyl (C=O) groups excluding carboxylic acids is 1. The van der Waals surface area contributed by atoms with Gasteiger partial charge in [-0.2, -0.15) is 0 Å². The highest BCUT2D eigenvalue weighted by molar-refractivity contribution is 14.1. The molecule has 0 amide bonds. The molecule has 0 atom stereocenters. The fourth-order valence-electron chi connectivity index (χ4n) is 2.81. The molecule has 0 saturated carbocycles. The Balaban J connectivity index is 1.51. The van der Waals surface area contributed by atoms with E-state index in [4.69, 9.17) is 32.7 Å². The van der Waals surface area contributed by atoms with Crippen LogP contribution in [0.3, 0.4) is 0 Å². The molecule has 31 heavy (non-hydrogen) atoms. The number of carbonyl (C=O) groups is 1. The number of hydrogen-bond donors (Lipinski definition) is 0. The van der Waals surface area contributed by atoms with Crippen LogP contribution in [0.25, 0.3) is 6.08 Å². The number of benzene rings is 3. The van der Waals surface area contributed by atoms with Crippen molar-refractivity contribution < 1.29 is 14.3 Å². The fraction of sp³-hybridized carbons (Fsp3) is 0.0435. The summed E-state index contributed by atoms with van der Waals surface area (Å²) in [6.07, 6.45) is 1.67. The number of cyclic esters (lactones) is 1. The van der Waals surface area contributed by atoms with Crippen molar-refractivity contribution in [3.63, 3.8) is 0 Å². The number of nitrogens with zero attached hydrogens (tertiary/aromatic N) is 1. The lowest BCUT2D eigenvalue weighted by molar-refractivity contribution is -0.129. The van der Waals surface area contributed by atoms with Crippen LogP contribution in [0.15, 0.2) is 75.8 Å². The van der Waals surface area contributed by atoms with Gasteiger partial charge in [0.15, 0.2) is 5.70 Å². The Morgan fingerprint density at radius 2 is 1.90 bits per heavy atom. The van der Waals surface area contributed by atoms with Crippen LogP contribution in [-0.2, 0) is 16.1 Å². The number of aliphatic imine (C=N–C) groups is 1. The highest BCUT2D eigenvalue weighted by Gasteiger charge is 2.24. The monoisotopic (exact) mass is 627 g/mol. The normalized spacial score (nSPS) is 14.5. The molecule has 0 aromatic heterocycles. The molecule has 4 rings (SSSR count). The molecule has 3 aromatic rings. The van der Waals surface area contributed by atoms with E-state index in [1.54, 1.807) is 18.2 Å². The predicted octanol–water partition coefficient (Wildman–Crippen LogP) is 7.28. The van der Waals surface area contributed by atoms with E-state index in [9.17, 15) is 4.79 Å². The molecular formula is C23H13BrCl2INO3. The molecule has 4 nitrogen and oxygen atoms in total. The summed E-state index contributed by atoms with van der Waals surface area (Å²) in [6, 6.07) is 18.4. The Kier molecular flexibility index (Phi) is 7.01. The molecule has 156 valence electrons. The van der Waals surface area contributed by atoms with Crippen molar-refractivity contribution in [3.8, 4) is 5.75 Å². The van der Waals surface area contributed by atoms with Crippen LogP contribution in [0.1, 0.15) is 16.7 Å². The molecule has 3 aromatic carbocycles. The van der Waals surface area contributed by atoms with Crippen molar-refractivity contribution in [1.82, 2.24) is 0 Å². The molecule has 0 radical (unpaired) electrons. The first-order valence-corrected chi connectivity index (χ1v) is 11.7. The maximum absolute atomic E-state index is 12.3. The topological polar surface area (TPSA) is 47.9 Å². The van der Waals surface area contributed by atoms with E-state index in [1.165, 1.54) is 0 Å². The Morgan fingerprint density at radius 3 is 2.68 bits per heavy atom. The van der Waals surface area contributed by atoms with Crippen molar-refractivity contribution in [2.24, 2.45) is 4.99 Å². The van der Waals surface area contributed by atoms with Crippen LogP contribution < -0.4 is 4.74 Å². The van der Waals surface area contributed by atoms with E-state index >= 15 is 0 Å². The molecule has 0 N–H and O–H groups in total. The van der Waals surface area contributed by atoms with E-state index in [2.05, 4.69) is 43.5 Å². The lowest BCUT2D eigenvalue weighted by Gasteiger charge is -2.08. The van der Waals surface area contributed by atoms with E-state index in [1.807, 2.05) is 48.5 Å². The Labute approximate surface area is 211 Å². The van der Waals surface area contributed by atoms with Crippen LogP contribution in [0, 0.1) is 3.57 Å². The second-order valence-corrected chi connectivity index (χ2v) is 9.41. The van der Waals surface area contributed by atoms with E-state index < -0.39 is 5.97 Å². The van der Waals surface area contributed by atoms with Gasteiger partial charge in [-0.1, -0.05) is 41.4 Å². The Hall–Kier alpha value is -1.87. The number of esters is 1. The first kappa shape index (κ1) is 22.3. The second-order valence-electron chi connectivity index (χ2n) is 6.57. The average molecular weight is 629 g/mol. The summed E-state index contributed by atoms with van der Waals surface area (Å²) in [4.78, 5) is 16.7. The summed E-state index contributed by atoms with van der Waals surface area (Å²) in [5.74, 6) is 0.435. The zero-order valence-corrected chi connectivity index (χ0v) is 21.0. The molecule has 0 fully saturated rings. The van der Waals surface area contributed by atoms with Gasteiger partial charge in [0.25, 0.3) is 0 Å². The number of ether oxygens (including phenoxy) is 2. The number of hydrogen-bond acceptors (Lipinski definition) is 4. The molecule has 0 bridgehead atoms. The van der Waals surface area contributed by atoms with Crippen LogP contribution in [0.5, 0.6) is 5.75 Å². The highest BCUT2D eigenvalue weighted by Crippen LogP contribution is 2.26. The third-order valence-electron chi connectivity index (χ3n) is 4.34. The fourth-order valence-corrected chi connectivity index (χ4v) is 3.84. The summed E-state index contributed by atoms with van der Waals surface area (Å²) in [5.41, 5.74) is 2.62. The van der Waals surface area contributed by atoms with Crippen molar-refractivity contribution in [2.45, 2.75) is 6.61 Å². The summed E-state index contributed by atoms with van der Waals surface area (Å²) in [7, 11) is 0. The third-order valence-corrected chi connectivity index (χ3v) is 7.42. The maximum Gasteiger partial charge on any atom is 0.363 e. The van der Waals surface area contributed by atoms with E-state index in [-0.39, 0.29) is 11.6 Å². The van der Waals surface area contributed by atoms with Gasteiger partial charge in [0, 0.05) is 13.6 Å². The van der Waals surface area contributed by atoms with Crippen molar-refractivity contribution in [2.75, 3.05) is 0 Å². The van der Waals surface area contributed by atoms with Gasteiger partial charge < -0.3 is 9.47 Å². The van der Waals surface area contributed by atoms with Gasteiger partial charge in [0.2, 0.25) is 5.90 Å². The maximum atomic E-state index is 12.3. The van der Waals surface area contributed by atoms with Crippen LogP contribution in [-0.4, -0.2) is 11.9 Å². The summed E-state index contributed by atoms with van der Waals surface area (Å²) < 4.78 is 13.2. The quantitative estimate of drug-likeness (QED) is 0.169. The minimum Gasteiger partial charge on any atom is -0.489 e. The van der Waals surface area contributed by atoms with Crippen LogP contribution in [0.4, 0.5) is 0 Å². The first-order chi connectivity index (χ1) is 14.9. The van der Waals surface area contributed by atoms with Crippen molar-refractivity contribution in [1.29, 1.82) is 0 Å². The molecule has 1 aliphatic rings. The highest BCUT2D eigenvalue weighted by atomic mass is 127. The zero-order valence-electron chi connectivity index (χ0n) is 15.7. The van der Waals surface area contributed by atoms with Gasteiger partial charge >= 0.3 is 5.97 Å². The van der Waals surface area contributed by atoms with Gasteiger partial charge in [-0.05, 0) is 98.2 Å². The standard InChI is InChI=1S/C23H13BrCl2INO3/c24-17-11-15(5-7-20(17)27)22-28-21(23(29)31-22)10-13-2-1-3-16(8-13)30-12-14-4-6-18(25)19(26)9-14/h1-11H,12H2/b21-10-. The molecule has 0 saturated heterocycles. The summed E-state index contributed by atoms with van der Waals surface area (Å²) >= 11 is 17.7. The minimum absolute atomic E-state index is 0.228. The molecule has 8 heteroatoms. The lowest BCUT2D eigenvalue weighted by atomic mass is 10.2. The van der Waals surface area contributed by atoms with Gasteiger partial charge in [-0.25, -0.2) is 9.79 Å². The summed E-state index contributed by atoms with van der Waals surface area (Å²) in [5, 5.41) is 0.981. The molecule has 0 spiro atoms. The van der Waals surface area contributed by atoms with Crippen LogP contribution >= 0.6 is 61.7 Å². The van der Waals surface area contributed by atoms with Gasteiger partial charge in [0.1, 0.15) is 12.4 Å². The van der Waals surface area contributed by atoms with E-state index in [0.29, 0.717) is 22.4 Å². The largest absolute Gasteiger partial charge is 0.489 e. The Bertz CT molecular complexity index is 1240. The molecule has 0 aliphatic carbocycles. The zero-order chi connectivity index (χ0) is 22.0.